The molecule has 1 amide bonds. The van der Waals surface area contributed by atoms with Crippen molar-refractivity contribution in [1.29, 1.82) is 0 Å². The molecule has 1 aromatic heterocycles. The van der Waals surface area contributed by atoms with Gasteiger partial charge in [-0.1, -0.05) is 0 Å². The fourth-order valence-corrected chi connectivity index (χ4v) is 3.31. The molecule has 0 aliphatic heterocycles. The van der Waals surface area contributed by atoms with Crippen LogP contribution in [-0.2, 0) is 19.9 Å². The van der Waals surface area contributed by atoms with Gasteiger partial charge in [0.25, 0.3) is 15.0 Å². The van der Waals surface area contributed by atoms with Crippen LogP contribution in [0.15, 0.2) is 15.4 Å². The van der Waals surface area contributed by atoms with Crippen LogP contribution < -0.4 is 5.32 Å². The van der Waals surface area contributed by atoms with E-state index in [1.165, 1.54) is 6.92 Å². The smallest absolute Gasteiger partial charge is 0.287 e. The van der Waals surface area contributed by atoms with Gasteiger partial charge in [-0.15, -0.1) is 0 Å². The Morgan fingerprint density at radius 2 is 2.15 bits per heavy atom. The Kier molecular flexibility index (Phi) is 5.79. The highest BCUT2D eigenvalue weighted by molar-refractivity contribution is 8.13. The molecule has 1 rings (SSSR count). The third kappa shape index (κ3) is 4.92. The molecule has 0 aliphatic carbocycles. The van der Waals surface area contributed by atoms with E-state index in [1.807, 2.05) is 0 Å². The molecule has 0 spiro atoms. The second-order valence-corrected chi connectivity index (χ2v) is 8.50. The summed E-state index contributed by atoms with van der Waals surface area (Å²) in [4.78, 5) is 11.7. The van der Waals surface area contributed by atoms with E-state index >= 15 is 0 Å². The highest BCUT2D eigenvalue weighted by Crippen LogP contribution is 2.23. The summed E-state index contributed by atoms with van der Waals surface area (Å²) in [6.07, 6.45) is 2.14. The van der Waals surface area contributed by atoms with Crippen LogP contribution in [0.3, 0.4) is 0 Å². The largest absolute Gasteiger partial charge is 0.455 e. The summed E-state index contributed by atoms with van der Waals surface area (Å²) in [7, 11) is 0.353. The van der Waals surface area contributed by atoms with Crippen LogP contribution in [0.25, 0.3) is 0 Å². The first kappa shape index (κ1) is 17.2. The van der Waals surface area contributed by atoms with Gasteiger partial charge in [0.2, 0.25) is 0 Å². The third-order valence-electron chi connectivity index (χ3n) is 2.57. The van der Waals surface area contributed by atoms with Gasteiger partial charge in [-0.2, -0.15) is 0 Å². The Morgan fingerprint density at radius 3 is 2.60 bits per heavy atom. The number of hydrogen-bond acceptors (Lipinski definition) is 5. The fourth-order valence-electron chi connectivity index (χ4n) is 1.53. The molecule has 0 aromatic carbocycles. The standard InChI is InChI=1S/C11H16ClNO5S2/c1-7(4-5-19(3)15)13-11(14)9-6-10(8(2)18-9)20(12,16)17/h6-7H,4-5H2,1-3H3,(H,13,14). The Balaban J connectivity index is 2.76. The molecule has 9 heteroatoms. The number of halogens is 1. The molecule has 1 N–H and O–H groups in total. The number of carbonyl (C=O) groups is 1. The number of amides is 1. The normalized spacial score (nSPS) is 14.8. The van der Waals surface area contributed by atoms with Crippen LogP contribution >= 0.6 is 10.7 Å². The minimum atomic E-state index is -3.94. The van der Waals surface area contributed by atoms with Crippen molar-refractivity contribution in [1.82, 2.24) is 5.32 Å². The van der Waals surface area contributed by atoms with Crippen molar-refractivity contribution < 1.29 is 21.8 Å². The van der Waals surface area contributed by atoms with Crippen LogP contribution in [-0.4, -0.2) is 36.6 Å². The second kappa shape index (κ2) is 6.73. The fraction of sp³-hybridized carbons (Fsp3) is 0.545. The average Bonchev–Trinajstić information content (AvgIpc) is 2.68. The van der Waals surface area contributed by atoms with Gasteiger partial charge in [0, 0.05) is 45.6 Å². The summed E-state index contributed by atoms with van der Waals surface area (Å²) >= 11 is 0. The van der Waals surface area contributed by atoms with Gasteiger partial charge in [0.05, 0.1) is 0 Å². The molecular weight excluding hydrogens is 326 g/mol. The molecule has 20 heavy (non-hydrogen) atoms. The maximum Gasteiger partial charge on any atom is 0.287 e. The summed E-state index contributed by atoms with van der Waals surface area (Å²) < 4.78 is 38.5. The number of hydrogen-bond donors (Lipinski definition) is 1. The predicted octanol–water partition coefficient (Wildman–Crippen LogP) is 1.40. The lowest BCUT2D eigenvalue weighted by Gasteiger charge is -2.11. The minimum absolute atomic E-state index is 0.0625. The Hall–Kier alpha value is -0.860. The topological polar surface area (TPSA) is 93.4 Å². The zero-order chi connectivity index (χ0) is 15.5. The number of furan rings is 1. The number of nitrogens with one attached hydrogen (secondary N) is 1. The molecule has 2 atom stereocenters. The van der Waals surface area contributed by atoms with Crippen LogP contribution in [0.5, 0.6) is 0 Å². The quantitative estimate of drug-likeness (QED) is 0.789. The third-order valence-corrected chi connectivity index (χ3v) is 4.81. The summed E-state index contributed by atoms with van der Waals surface area (Å²) in [5.41, 5.74) is 0. The monoisotopic (exact) mass is 341 g/mol. The van der Waals surface area contributed by atoms with Gasteiger partial charge in [-0.05, 0) is 20.3 Å². The van der Waals surface area contributed by atoms with E-state index in [4.69, 9.17) is 15.1 Å². The Morgan fingerprint density at radius 1 is 1.55 bits per heavy atom. The first-order valence-electron chi connectivity index (χ1n) is 5.77. The highest BCUT2D eigenvalue weighted by Gasteiger charge is 2.22. The van der Waals surface area contributed by atoms with E-state index in [9.17, 15) is 17.4 Å². The summed E-state index contributed by atoms with van der Waals surface area (Å²) in [5, 5.41) is 2.64. The number of carbonyl (C=O) groups excluding carboxylic acids is 1. The van der Waals surface area contributed by atoms with Gasteiger partial charge < -0.3 is 9.73 Å². The molecule has 0 radical (unpaired) electrons. The van der Waals surface area contributed by atoms with Crippen LogP contribution in [0.2, 0.25) is 0 Å². The first-order chi connectivity index (χ1) is 9.11. The maximum absolute atomic E-state index is 11.9. The molecule has 0 fully saturated rings. The lowest BCUT2D eigenvalue weighted by atomic mass is 10.2. The van der Waals surface area contributed by atoms with Crippen molar-refractivity contribution >= 4 is 36.4 Å². The lowest BCUT2D eigenvalue weighted by Crippen LogP contribution is -2.33. The Bertz CT molecular complexity index is 623. The molecule has 2 unspecified atom stereocenters. The van der Waals surface area contributed by atoms with Crippen LogP contribution in [0, 0.1) is 6.92 Å². The van der Waals surface area contributed by atoms with E-state index in [2.05, 4.69) is 5.32 Å². The van der Waals surface area contributed by atoms with Crippen molar-refractivity contribution in [3.63, 3.8) is 0 Å². The highest BCUT2D eigenvalue weighted by atomic mass is 35.7. The van der Waals surface area contributed by atoms with Gasteiger partial charge in [-0.25, -0.2) is 8.42 Å². The molecule has 0 saturated carbocycles. The maximum atomic E-state index is 11.9. The SMILES string of the molecule is Cc1oc(C(=O)NC(C)CCS(C)=O)cc1S(=O)(=O)Cl. The molecule has 0 aliphatic rings. The Labute approximate surface area is 124 Å². The zero-order valence-electron chi connectivity index (χ0n) is 11.3. The van der Waals surface area contributed by atoms with E-state index in [0.29, 0.717) is 12.2 Å². The summed E-state index contributed by atoms with van der Waals surface area (Å²) in [6, 6.07) is 0.894. The van der Waals surface area contributed by atoms with Gasteiger partial charge in [-0.3, -0.25) is 9.00 Å². The average molecular weight is 342 g/mol. The molecule has 1 heterocycles. The second-order valence-electron chi connectivity index (χ2n) is 4.41. The molecule has 0 saturated heterocycles. The molecular formula is C11H16ClNO5S2. The molecule has 1 aromatic rings. The van der Waals surface area contributed by atoms with Gasteiger partial charge in [0.1, 0.15) is 10.7 Å². The van der Waals surface area contributed by atoms with Gasteiger partial charge in [0.15, 0.2) is 5.76 Å². The predicted molar refractivity (Wildman–Crippen MR) is 77.0 cm³/mol. The lowest BCUT2D eigenvalue weighted by molar-refractivity contribution is 0.0910. The molecule has 0 bridgehead atoms. The van der Waals surface area contributed by atoms with Crippen molar-refractivity contribution in [3.05, 3.63) is 17.6 Å². The van der Waals surface area contributed by atoms with E-state index in [1.54, 1.807) is 13.2 Å². The van der Waals surface area contributed by atoms with E-state index in [0.717, 1.165) is 6.07 Å². The van der Waals surface area contributed by atoms with Crippen molar-refractivity contribution in [2.45, 2.75) is 31.2 Å². The molecule has 6 nitrogen and oxygen atoms in total. The van der Waals surface area contributed by atoms with Crippen LogP contribution in [0.4, 0.5) is 0 Å². The van der Waals surface area contributed by atoms with Crippen molar-refractivity contribution in [2.24, 2.45) is 0 Å². The zero-order valence-corrected chi connectivity index (χ0v) is 13.7. The van der Waals surface area contributed by atoms with E-state index in [-0.39, 0.29) is 22.5 Å². The van der Waals surface area contributed by atoms with Gasteiger partial charge >= 0.3 is 0 Å². The molecule has 114 valence electrons. The van der Waals surface area contributed by atoms with E-state index < -0.39 is 25.8 Å². The van der Waals surface area contributed by atoms with Crippen LogP contribution in [0.1, 0.15) is 29.7 Å². The van der Waals surface area contributed by atoms with Crippen molar-refractivity contribution in [3.8, 4) is 0 Å². The number of rotatable bonds is 6. The minimum Gasteiger partial charge on any atom is -0.455 e. The summed E-state index contributed by atoms with van der Waals surface area (Å²) in [6.45, 7) is 3.18. The summed E-state index contributed by atoms with van der Waals surface area (Å²) in [5.74, 6) is -0.118. The van der Waals surface area contributed by atoms with Crippen molar-refractivity contribution in [2.75, 3.05) is 12.0 Å². The number of aryl methyl sites for hydroxylation is 1. The first-order valence-corrected chi connectivity index (χ1v) is 9.81.